The van der Waals surface area contributed by atoms with Gasteiger partial charge in [-0.2, -0.15) is 4.98 Å². The van der Waals surface area contributed by atoms with Crippen molar-refractivity contribution in [1.82, 2.24) is 20.4 Å². The van der Waals surface area contributed by atoms with Crippen LogP contribution in [-0.4, -0.2) is 40.7 Å². The van der Waals surface area contributed by atoms with Gasteiger partial charge in [-0.05, 0) is 12.5 Å². The van der Waals surface area contributed by atoms with E-state index in [1.807, 2.05) is 18.2 Å². The van der Waals surface area contributed by atoms with Crippen molar-refractivity contribution in [1.29, 1.82) is 0 Å². The van der Waals surface area contributed by atoms with Gasteiger partial charge in [0.2, 0.25) is 5.89 Å². The summed E-state index contributed by atoms with van der Waals surface area (Å²) in [6, 6.07) is 10.7. The predicted octanol–water partition coefficient (Wildman–Crippen LogP) is 1.88. The van der Waals surface area contributed by atoms with Crippen LogP contribution in [0.1, 0.15) is 24.2 Å². The zero-order valence-electron chi connectivity index (χ0n) is 12.2. The minimum atomic E-state index is 0. The fraction of sp³-hybridized carbons (Fsp3) is 0.467. The van der Waals surface area contributed by atoms with E-state index in [2.05, 4.69) is 39.4 Å². The fourth-order valence-electron chi connectivity index (χ4n) is 2.50. The Labute approximate surface area is 131 Å². The van der Waals surface area contributed by atoms with E-state index in [1.165, 1.54) is 5.56 Å². The highest BCUT2D eigenvalue weighted by Crippen LogP contribution is 2.10. The molecule has 21 heavy (non-hydrogen) atoms. The lowest BCUT2D eigenvalue weighted by Gasteiger charge is -2.32. The summed E-state index contributed by atoms with van der Waals surface area (Å²) in [6.07, 6.45) is 0.724. The standard InChI is InChI=1S/C15H20N4O.ClH/c1-12-10-16-7-8-19(12)11-15-17-14(18-20-15)9-13-5-3-2-4-6-13;/h2-6,12,16H,7-11H2,1H3;1H/t12-;/m0./s1. The van der Waals surface area contributed by atoms with Gasteiger partial charge in [0, 0.05) is 32.1 Å². The summed E-state index contributed by atoms with van der Waals surface area (Å²) in [5.74, 6) is 1.47. The molecule has 3 rings (SSSR count). The SMILES string of the molecule is C[C@H]1CNCCN1Cc1nc(Cc2ccccc2)no1.Cl. The zero-order valence-corrected chi connectivity index (χ0v) is 13.0. The summed E-state index contributed by atoms with van der Waals surface area (Å²) in [4.78, 5) is 6.87. The number of piperazine rings is 1. The largest absolute Gasteiger partial charge is 0.338 e. The van der Waals surface area contributed by atoms with E-state index < -0.39 is 0 Å². The predicted molar refractivity (Wildman–Crippen MR) is 83.5 cm³/mol. The summed E-state index contributed by atoms with van der Waals surface area (Å²) < 4.78 is 5.36. The molecule has 1 N–H and O–H groups in total. The molecule has 0 bridgehead atoms. The molecule has 114 valence electrons. The summed E-state index contributed by atoms with van der Waals surface area (Å²) in [6.45, 7) is 6.02. The Bertz CT molecular complexity index is 546. The third kappa shape index (κ3) is 4.27. The van der Waals surface area contributed by atoms with Crippen LogP contribution in [0.25, 0.3) is 0 Å². The Morgan fingerprint density at radius 1 is 1.33 bits per heavy atom. The van der Waals surface area contributed by atoms with Gasteiger partial charge in [-0.15, -0.1) is 12.4 Å². The van der Waals surface area contributed by atoms with Crippen LogP contribution < -0.4 is 5.32 Å². The molecule has 1 aliphatic rings. The molecule has 1 aromatic heterocycles. The molecular formula is C15H21ClN4O. The smallest absolute Gasteiger partial charge is 0.240 e. The van der Waals surface area contributed by atoms with E-state index in [0.717, 1.165) is 38.4 Å². The molecule has 1 saturated heterocycles. The van der Waals surface area contributed by atoms with Crippen molar-refractivity contribution in [3.8, 4) is 0 Å². The fourth-order valence-corrected chi connectivity index (χ4v) is 2.50. The molecule has 0 spiro atoms. The van der Waals surface area contributed by atoms with Crippen LogP contribution in [0.5, 0.6) is 0 Å². The Morgan fingerprint density at radius 2 is 2.14 bits per heavy atom. The van der Waals surface area contributed by atoms with Gasteiger partial charge in [-0.3, -0.25) is 4.90 Å². The summed E-state index contributed by atoms with van der Waals surface area (Å²) >= 11 is 0. The molecule has 1 aromatic carbocycles. The molecule has 1 atom stereocenters. The molecule has 6 heteroatoms. The van der Waals surface area contributed by atoms with Gasteiger partial charge >= 0.3 is 0 Å². The van der Waals surface area contributed by atoms with Crippen LogP contribution in [0.3, 0.4) is 0 Å². The number of hydrogen-bond donors (Lipinski definition) is 1. The maximum atomic E-state index is 5.36. The van der Waals surface area contributed by atoms with Crippen LogP contribution in [0.4, 0.5) is 0 Å². The highest BCUT2D eigenvalue weighted by molar-refractivity contribution is 5.85. The topological polar surface area (TPSA) is 54.2 Å². The number of hydrogen-bond acceptors (Lipinski definition) is 5. The third-order valence-electron chi connectivity index (χ3n) is 3.69. The van der Waals surface area contributed by atoms with Crippen molar-refractivity contribution in [2.24, 2.45) is 0 Å². The first-order chi connectivity index (χ1) is 9.81. The lowest BCUT2D eigenvalue weighted by Crippen LogP contribution is -2.49. The molecule has 0 amide bonds. The Kier molecular flexibility index (Phi) is 5.73. The average Bonchev–Trinajstić information content (AvgIpc) is 2.90. The van der Waals surface area contributed by atoms with Crippen molar-refractivity contribution >= 4 is 12.4 Å². The molecule has 5 nitrogen and oxygen atoms in total. The zero-order chi connectivity index (χ0) is 13.8. The molecule has 1 fully saturated rings. The molecule has 1 aliphatic heterocycles. The van der Waals surface area contributed by atoms with E-state index in [9.17, 15) is 0 Å². The third-order valence-corrected chi connectivity index (χ3v) is 3.69. The molecule has 0 saturated carbocycles. The van der Waals surface area contributed by atoms with Gasteiger partial charge in [0.05, 0.1) is 6.54 Å². The van der Waals surface area contributed by atoms with Gasteiger partial charge in [-0.25, -0.2) is 0 Å². The van der Waals surface area contributed by atoms with Gasteiger partial charge < -0.3 is 9.84 Å². The summed E-state index contributed by atoms with van der Waals surface area (Å²) in [7, 11) is 0. The molecule has 0 unspecified atom stereocenters. The van der Waals surface area contributed by atoms with Crippen molar-refractivity contribution in [3.63, 3.8) is 0 Å². The number of nitrogens with zero attached hydrogens (tertiary/aromatic N) is 3. The molecular weight excluding hydrogens is 288 g/mol. The molecule has 2 heterocycles. The highest BCUT2D eigenvalue weighted by Gasteiger charge is 2.20. The van der Waals surface area contributed by atoms with E-state index in [0.29, 0.717) is 11.9 Å². The van der Waals surface area contributed by atoms with Gasteiger partial charge in [0.25, 0.3) is 0 Å². The Morgan fingerprint density at radius 3 is 2.90 bits per heavy atom. The number of benzene rings is 1. The first kappa shape index (κ1) is 15.9. The van der Waals surface area contributed by atoms with Crippen LogP contribution in [0.15, 0.2) is 34.9 Å². The van der Waals surface area contributed by atoms with Crippen molar-refractivity contribution in [2.75, 3.05) is 19.6 Å². The second-order valence-corrected chi connectivity index (χ2v) is 5.29. The normalized spacial score (nSPS) is 19.2. The second-order valence-electron chi connectivity index (χ2n) is 5.29. The second kappa shape index (κ2) is 7.54. The lowest BCUT2D eigenvalue weighted by molar-refractivity contribution is 0.146. The maximum Gasteiger partial charge on any atom is 0.240 e. The first-order valence-electron chi connectivity index (χ1n) is 7.11. The minimum Gasteiger partial charge on any atom is -0.338 e. The number of halogens is 1. The van der Waals surface area contributed by atoms with Crippen molar-refractivity contribution in [3.05, 3.63) is 47.6 Å². The highest BCUT2D eigenvalue weighted by atomic mass is 35.5. The van der Waals surface area contributed by atoms with E-state index in [4.69, 9.17) is 4.52 Å². The maximum absolute atomic E-state index is 5.36. The van der Waals surface area contributed by atoms with Crippen LogP contribution in [-0.2, 0) is 13.0 Å². The first-order valence-corrected chi connectivity index (χ1v) is 7.11. The number of aromatic nitrogens is 2. The molecule has 0 radical (unpaired) electrons. The Balaban J connectivity index is 0.00000161. The Hall–Kier alpha value is -1.43. The van der Waals surface area contributed by atoms with Gasteiger partial charge in [0.1, 0.15) is 0 Å². The number of nitrogens with one attached hydrogen (secondary N) is 1. The summed E-state index contributed by atoms with van der Waals surface area (Å²) in [5, 5.41) is 7.45. The lowest BCUT2D eigenvalue weighted by atomic mass is 10.1. The average molecular weight is 309 g/mol. The molecule has 2 aromatic rings. The van der Waals surface area contributed by atoms with E-state index >= 15 is 0 Å². The van der Waals surface area contributed by atoms with Gasteiger partial charge in [0.15, 0.2) is 5.82 Å². The van der Waals surface area contributed by atoms with Crippen LogP contribution in [0.2, 0.25) is 0 Å². The van der Waals surface area contributed by atoms with Crippen molar-refractivity contribution in [2.45, 2.75) is 25.9 Å². The number of rotatable bonds is 4. The monoisotopic (exact) mass is 308 g/mol. The minimum absolute atomic E-state index is 0. The van der Waals surface area contributed by atoms with E-state index in [-0.39, 0.29) is 12.4 Å². The van der Waals surface area contributed by atoms with Crippen molar-refractivity contribution < 1.29 is 4.52 Å². The molecule has 0 aliphatic carbocycles. The quantitative estimate of drug-likeness (QED) is 0.934. The van der Waals surface area contributed by atoms with Crippen LogP contribution >= 0.6 is 12.4 Å². The van der Waals surface area contributed by atoms with Gasteiger partial charge in [-0.1, -0.05) is 35.5 Å². The van der Waals surface area contributed by atoms with E-state index in [1.54, 1.807) is 0 Å². The van der Waals surface area contributed by atoms with Crippen LogP contribution in [0, 0.1) is 0 Å². The summed E-state index contributed by atoms with van der Waals surface area (Å²) in [5.41, 5.74) is 1.20.